The second kappa shape index (κ2) is 7.77. The number of ether oxygens (including phenoxy) is 2. The molecule has 4 heteroatoms. The summed E-state index contributed by atoms with van der Waals surface area (Å²) in [5, 5.41) is 3.35. The average Bonchev–Trinajstić information content (AvgIpc) is 2.42. The summed E-state index contributed by atoms with van der Waals surface area (Å²) < 4.78 is 12.1. The molecule has 0 aromatic heterocycles. The van der Waals surface area contributed by atoms with Gasteiger partial charge in [-0.3, -0.25) is 0 Å². The standard InChI is InChI=1S/C14H20BrNO2/c15-13-3-1-2-4-14(13)16-7-10-18-11-12-5-8-17-9-6-12/h1-4,12,16H,5-11H2. The number of para-hydroxylation sites is 1. The van der Waals surface area contributed by atoms with Gasteiger partial charge in [-0.2, -0.15) is 0 Å². The first kappa shape index (κ1) is 13.8. The highest BCUT2D eigenvalue weighted by molar-refractivity contribution is 9.10. The molecule has 0 radical (unpaired) electrons. The normalized spacial score (nSPS) is 16.7. The summed E-state index contributed by atoms with van der Waals surface area (Å²) in [4.78, 5) is 0. The molecule has 1 aromatic carbocycles. The monoisotopic (exact) mass is 313 g/mol. The minimum atomic E-state index is 0.683. The second-order valence-corrected chi connectivity index (χ2v) is 5.39. The first-order valence-electron chi connectivity index (χ1n) is 6.50. The van der Waals surface area contributed by atoms with Crippen molar-refractivity contribution in [2.24, 2.45) is 5.92 Å². The zero-order chi connectivity index (χ0) is 12.6. The van der Waals surface area contributed by atoms with E-state index in [1.54, 1.807) is 0 Å². The summed E-state index contributed by atoms with van der Waals surface area (Å²) in [5.74, 6) is 0.683. The maximum Gasteiger partial charge on any atom is 0.0639 e. The molecule has 2 rings (SSSR count). The van der Waals surface area contributed by atoms with Gasteiger partial charge in [0.2, 0.25) is 0 Å². The van der Waals surface area contributed by atoms with E-state index in [0.29, 0.717) is 5.92 Å². The summed E-state index contributed by atoms with van der Waals surface area (Å²) in [6, 6.07) is 8.13. The van der Waals surface area contributed by atoms with Gasteiger partial charge in [-0.05, 0) is 46.8 Å². The van der Waals surface area contributed by atoms with Gasteiger partial charge in [-0.1, -0.05) is 12.1 Å². The van der Waals surface area contributed by atoms with Crippen molar-refractivity contribution in [1.29, 1.82) is 0 Å². The summed E-state index contributed by atoms with van der Waals surface area (Å²) in [6.45, 7) is 4.23. The Balaban J connectivity index is 1.57. The predicted molar refractivity (Wildman–Crippen MR) is 77.0 cm³/mol. The third-order valence-corrected chi connectivity index (χ3v) is 3.82. The van der Waals surface area contributed by atoms with Crippen LogP contribution in [0.5, 0.6) is 0 Å². The predicted octanol–water partition coefficient (Wildman–Crippen LogP) is 3.30. The number of hydrogen-bond donors (Lipinski definition) is 1. The van der Waals surface area contributed by atoms with Crippen LogP contribution in [0.2, 0.25) is 0 Å². The topological polar surface area (TPSA) is 30.5 Å². The van der Waals surface area contributed by atoms with Crippen LogP contribution in [0.25, 0.3) is 0 Å². The van der Waals surface area contributed by atoms with Gasteiger partial charge in [0, 0.05) is 36.5 Å². The quantitative estimate of drug-likeness (QED) is 0.817. The maximum atomic E-state index is 5.70. The molecule has 100 valence electrons. The van der Waals surface area contributed by atoms with Crippen molar-refractivity contribution in [2.75, 3.05) is 38.3 Å². The molecule has 1 saturated heterocycles. The summed E-state index contributed by atoms with van der Waals surface area (Å²) in [5.41, 5.74) is 1.12. The second-order valence-electron chi connectivity index (χ2n) is 4.54. The van der Waals surface area contributed by atoms with E-state index in [1.807, 2.05) is 18.2 Å². The van der Waals surface area contributed by atoms with Crippen LogP contribution < -0.4 is 5.32 Å². The smallest absolute Gasteiger partial charge is 0.0639 e. The minimum absolute atomic E-state index is 0.683. The Hall–Kier alpha value is -0.580. The van der Waals surface area contributed by atoms with Crippen molar-refractivity contribution in [2.45, 2.75) is 12.8 Å². The van der Waals surface area contributed by atoms with Gasteiger partial charge in [-0.15, -0.1) is 0 Å². The first-order valence-corrected chi connectivity index (χ1v) is 7.29. The Morgan fingerprint density at radius 1 is 1.28 bits per heavy atom. The van der Waals surface area contributed by atoms with Gasteiger partial charge in [0.1, 0.15) is 0 Å². The van der Waals surface area contributed by atoms with Crippen LogP contribution in [-0.2, 0) is 9.47 Å². The van der Waals surface area contributed by atoms with Gasteiger partial charge >= 0.3 is 0 Å². The van der Waals surface area contributed by atoms with E-state index in [4.69, 9.17) is 9.47 Å². The van der Waals surface area contributed by atoms with Crippen molar-refractivity contribution in [1.82, 2.24) is 0 Å². The zero-order valence-electron chi connectivity index (χ0n) is 10.5. The number of benzene rings is 1. The first-order chi connectivity index (χ1) is 8.86. The van der Waals surface area contributed by atoms with E-state index in [9.17, 15) is 0 Å². The molecule has 0 unspecified atom stereocenters. The Labute approximate surface area is 117 Å². The lowest BCUT2D eigenvalue weighted by molar-refractivity contribution is 0.0231. The van der Waals surface area contributed by atoms with Crippen molar-refractivity contribution < 1.29 is 9.47 Å². The number of hydrogen-bond acceptors (Lipinski definition) is 3. The van der Waals surface area contributed by atoms with E-state index in [-0.39, 0.29) is 0 Å². The molecule has 18 heavy (non-hydrogen) atoms. The van der Waals surface area contributed by atoms with Crippen LogP contribution in [0.4, 0.5) is 5.69 Å². The average molecular weight is 314 g/mol. The third-order valence-electron chi connectivity index (χ3n) is 3.13. The van der Waals surface area contributed by atoms with Crippen molar-refractivity contribution in [3.8, 4) is 0 Å². The Kier molecular flexibility index (Phi) is 5.97. The molecule has 0 aliphatic carbocycles. The molecule has 0 bridgehead atoms. The Morgan fingerprint density at radius 3 is 2.83 bits per heavy atom. The number of halogens is 1. The zero-order valence-corrected chi connectivity index (χ0v) is 12.1. The molecule has 0 spiro atoms. The number of nitrogens with one attached hydrogen (secondary N) is 1. The molecule has 1 aliphatic heterocycles. The summed E-state index contributed by atoms with van der Waals surface area (Å²) >= 11 is 3.51. The van der Waals surface area contributed by atoms with Crippen LogP contribution in [0.15, 0.2) is 28.7 Å². The Bertz CT molecular complexity index is 353. The minimum Gasteiger partial charge on any atom is -0.382 e. The van der Waals surface area contributed by atoms with E-state index in [0.717, 1.165) is 56.0 Å². The highest BCUT2D eigenvalue weighted by Crippen LogP contribution is 2.20. The molecule has 1 N–H and O–H groups in total. The maximum absolute atomic E-state index is 5.70. The molecule has 1 fully saturated rings. The van der Waals surface area contributed by atoms with E-state index < -0.39 is 0 Å². The van der Waals surface area contributed by atoms with Crippen LogP contribution in [0, 0.1) is 5.92 Å². The van der Waals surface area contributed by atoms with Crippen LogP contribution in [0.3, 0.4) is 0 Å². The van der Waals surface area contributed by atoms with Crippen LogP contribution in [-0.4, -0.2) is 33.0 Å². The molecule has 0 amide bonds. The highest BCUT2D eigenvalue weighted by atomic mass is 79.9. The van der Waals surface area contributed by atoms with Gasteiger partial charge in [0.05, 0.1) is 6.61 Å². The van der Waals surface area contributed by atoms with Crippen molar-refractivity contribution in [3.63, 3.8) is 0 Å². The van der Waals surface area contributed by atoms with Crippen LogP contribution in [0.1, 0.15) is 12.8 Å². The summed E-state index contributed by atoms with van der Waals surface area (Å²) in [7, 11) is 0. The van der Waals surface area contributed by atoms with Gasteiger partial charge in [-0.25, -0.2) is 0 Å². The molecule has 1 aromatic rings. The SMILES string of the molecule is Brc1ccccc1NCCOCC1CCOCC1. The lowest BCUT2D eigenvalue weighted by Crippen LogP contribution is -2.21. The fourth-order valence-electron chi connectivity index (χ4n) is 2.03. The lowest BCUT2D eigenvalue weighted by Gasteiger charge is -2.21. The van der Waals surface area contributed by atoms with Gasteiger partial charge < -0.3 is 14.8 Å². The van der Waals surface area contributed by atoms with E-state index >= 15 is 0 Å². The van der Waals surface area contributed by atoms with Crippen molar-refractivity contribution >= 4 is 21.6 Å². The van der Waals surface area contributed by atoms with E-state index in [1.165, 1.54) is 0 Å². The van der Waals surface area contributed by atoms with Gasteiger partial charge in [0.15, 0.2) is 0 Å². The number of rotatable bonds is 6. The number of anilines is 1. The van der Waals surface area contributed by atoms with Crippen molar-refractivity contribution in [3.05, 3.63) is 28.7 Å². The van der Waals surface area contributed by atoms with Crippen LogP contribution >= 0.6 is 15.9 Å². The fourth-order valence-corrected chi connectivity index (χ4v) is 2.45. The third kappa shape index (κ3) is 4.59. The highest BCUT2D eigenvalue weighted by Gasteiger charge is 2.13. The lowest BCUT2D eigenvalue weighted by atomic mass is 10.0. The largest absolute Gasteiger partial charge is 0.382 e. The molecule has 0 atom stereocenters. The molecule has 1 aliphatic rings. The molecular weight excluding hydrogens is 294 g/mol. The Morgan fingerprint density at radius 2 is 2.06 bits per heavy atom. The molecule has 1 heterocycles. The fraction of sp³-hybridized carbons (Fsp3) is 0.571. The van der Waals surface area contributed by atoms with Gasteiger partial charge in [0.25, 0.3) is 0 Å². The summed E-state index contributed by atoms with van der Waals surface area (Å²) in [6.07, 6.45) is 2.27. The van der Waals surface area contributed by atoms with E-state index in [2.05, 4.69) is 27.3 Å². The molecule has 3 nitrogen and oxygen atoms in total. The molecular formula is C14H20BrNO2. The molecule has 0 saturated carbocycles.